The molecule has 3 nitrogen and oxygen atoms in total. The lowest BCUT2D eigenvalue weighted by atomic mass is 9.80. The third-order valence-electron chi connectivity index (χ3n) is 3.96. The number of hydrogen-bond acceptors (Lipinski definition) is 2. The van der Waals surface area contributed by atoms with Crippen LogP contribution in [0.15, 0.2) is 0 Å². The largest absolute Gasteiger partial charge is 0.341 e. The standard InChI is InChI=1S/C14H28N2O/c1-6-8-14(5,15)12(17)16-9-7-11(10-16)13(2,3)4/h11H,6-10,15H2,1-5H3. The van der Waals surface area contributed by atoms with Crippen LogP contribution in [0, 0.1) is 11.3 Å². The molecule has 2 unspecified atom stereocenters. The summed E-state index contributed by atoms with van der Waals surface area (Å²) >= 11 is 0. The number of rotatable bonds is 3. The SMILES string of the molecule is CCCC(C)(N)C(=O)N1CCC(C(C)(C)C)C1. The Kier molecular flexibility index (Phi) is 4.23. The third-order valence-corrected chi connectivity index (χ3v) is 3.96. The Morgan fingerprint density at radius 3 is 2.35 bits per heavy atom. The molecule has 2 N–H and O–H groups in total. The average molecular weight is 240 g/mol. The van der Waals surface area contributed by atoms with E-state index in [2.05, 4.69) is 27.7 Å². The molecule has 0 saturated carbocycles. The van der Waals surface area contributed by atoms with Crippen molar-refractivity contribution in [2.24, 2.45) is 17.1 Å². The van der Waals surface area contributed by atoms with Crippen LogP contribution in [0.3, 0.4) is 0 Å². The smallest absolute Gasteiger partial charge is 0.242 e. The Labute approximate surface area is 106 Å². The van der Waals surface area contributed by atoms with Crippen LogP contribution in [-0.4, -0.2) is 29.4 Å². The summed E-state index contributed by atoms with van der Waals surface area (Å²) in [7, 11) is 0. The van der Waals surface area contributed by atoms with Gasteiger partial charge in [-0.15, -0.1) is 0 Å². The monoisotopic (exact) mass is 240 g/mol. The van der Waals surface area contributed by atoms with E-state index < -0.39 is 5.54 Å². The normalized spacial score (nSPS) is 24.8. The fraction of sp³-hybridized carbons (Fsp3) is 0.929. The Morgan fingerprint density at radius 2 is 1.94 bits per heavy atom. The zero-order chi connectivity index (χ0) is 13.3. The molecule has 1 rings (SSSR count). The van der Waals surface area contributed by atoms with Gasteiger partial charge in [0.2, 0.25) is 5.91 Å². The number of carbonyl (C=O) groups is 1. The molecule has 0 aromatic heterocycles. The summed E-state index contributed by atoms with van der Waals surface area (Å²) < 4.78 is 0. The summed E-state index contributed by atoms with van der Waals surface area (Å²) in [6, 6.07) is 0. The van der Waals surface area contributed by atoms with E-state index >= 15 is 0 Å². The molecule has 1 aliphatic heterocycles. The molecule has 1 fully saturated rings. The maximum atomic E-state index is 12.3. The second kappa shape index (κ2) is 4.97. The summed E-state index contributed by atoms with van der Waals surface area (Å²) in [5, 5.41) is 0. The zero-order valence-electron chi connectivity index (χ0n) is 12.0. The molecular formula is C14H28N2O. The molecule has 0 aromatic rings. The molecule has 0 aliphatic carbocycles. The molecule has 0 bridgehead atoms. The van der Waals surface area contributed by atoms with Gasteiger partial charge in [0.1, 0.15) is 0 Å². The minimum Gasteiger partial charge on any atom is -0.341 e. The first-order valence-electron chi connectivity index (χ1n) is 6.76. The first kappa shape index (κ1) is 14.5. The lowest BCUT2D eigenvalue weighted by molar-refractivity contribution is -0.135. The van der Waals surface area contributed by atoms with Crippen molar-refractivity contribution in [2.75, 3.05) is 13.1 Å². The maximum absolute atomic E-state index is 12.3. The molecule has 3 heteroatoms. The number of hydrogen-bond donors (Lipinski definition) is 1. The first-order chi connectivity index (χ1) is 7.68. The molecule has 1 amide bonds. The van der Waals surface area contributed by atoms with Gasteiger partial charge in [0.15, 0.2) is 0 Å². The van der Waals surface area contributed by atoms with Gasteiger partial charge < -0.3 is 10.6 Å². The second-order valence-electron chi connectivity index (χ2n) is 6.77. The van der Waals surface area contributed by atoms with Crippen molar-refractivity contribution in [1.82, 2.24) is 4.90 Å². The quantitative estimate of drug-likeness (QED) is 0.823. The van der Waals surface area contributed by atoms with E-state index in [4.69, 9.17) is 5.73 Å². The Bertz CT molecular complexity index is 278. The molecule has 1 aliphatic rings. The first-order valence-corrected chi connectivity index (χ1v) is 6.76. The fourth-order valence-corrected chi connectivity index (χ4v) is 2.64. The Morgan fingerprint density at radius 1 is 1.35 bits per heavy atom. The van der Waals surface area contributed by atoms with Crippen molar-refractivity contribution in [3.63, 3.8) is 0 Å². The van der Waals surface area contributed by atoms with Gasteiger partial charge in [-0.2, -0.15) is 0 Å². The number of nitrogens with two attached hydrogens (primary N) is 1. The highest BCUT2D eigenvalue weighted by atomic mass is 16.2. The fourth-order valence-electron chi connectivity index (χ4n) is 2.64. The molecule has 1 heterocycles. The maximum Gasteiger partial charge on any atom is 0.242 e. The van der Waals surface area contributed by atoms with Gasteiger partial charge in [-0.3, -0.25) is 4.79 Å². The topological polar surface area (TPSA) is 46.3 Å². The van der Waals surface area contributed by atoms with Crippen LogP contribution in [0.4, 0.5) is 0 Å². The van der Waals surface area contributed by atoms with E-state index in [0.29, 0.717) is 5.92 Å². The number of likely N-dealkylation sites (tertiary alicyclic amines) is 1. The van der Waals surface area contributed by atoms with Crippen molar-refractivity contribution in [1.29, 1.82) is 0 Å². The van der Waals surface area contributed by atoms with Crippen molar-refractivity contribution < 1.29 is 4.79 Å². The van der Waals surface area contributed by atoms with E-state index in [1.54, 1.807) is 0 Å². The van der Waals surface area contributed by atoms with E-state index in [9.17, 15) is 4.79 Å². The van der Waals surface area contributed by atoms with Crippen LogP contribution in [0.25, 0.3) is 0 Å². The summed E-state index contributed by atoms with van der Waals surface area (Å²) in [6.07, 6.45) is 2.83. The van der Waals surface area contributed by atoms with Crippen LogP contribution < -0.4 is 5.73 Å². The second-order valence-corrected chi connectivity index (χ2v) is 6.77. The predicted octanol–water partition coefficient (Wildman–Crippen LogP) is 2.40. The number of carbonyl (C=O) groups excluding carboxylic acids is 1. The summed E-state index contributed by atoms with van der Waals surface area (Å²) in [5.74, 6) is 0.731. The lowest BCUT2D eigenvalue weighted by Gasteiger charge is -2.31. The van der Waals surface area contributed by atoms with Crippen molar-refractivity contribution >= 4 is 5.91 Å². The molecule has 0 aromatic carbocycles. The van der Waals surface area contributed by atoms with Crippen LogP contribution in [0.5, 0.6) is 0 Å². The van der Waals surface area contributed by atoms with Gasteiger partial charge in [0.25, 0.3) is 0 Å². The Balaban J connectivity index is 2.63. The minimum atomic E-state index is -0.679. The average Bonchev–Trinajstić information content (AvgIpc) is 2.64. The van der Waals surface area contributed by atoms with Gasteiger partial charge >= 0.3 is 0 Å². The molecule has 100 valence electrons. The summed E-state index contributed by atoms with van der Waals surface area (Å²) in [5.41, 5.74) is 5.72. The van der Waals surface area contributed by atoms with E-state index in [-0.39, 0.29) is 11.3 Å². The van der Waals surface area contributed by atoms with Crippen LogP contribution in [-0.2, 0) is 4.79 Å². The summed E-state index contributed by atoms with van der Waals surface area (Å²) in [4.78, 5) is 14.3. The summed E-state index contributed by atoms with van der Waals surface area (Å²) in [6.45, 7) is 12.4. The highest BCUT2D eigenvalue weighted by Crippen LogP contribution is 2.34. The van der Waals surface area contributed by atoms with Crippen molar-refractivity contribution in [3.8, 4) is 0 Å². The number of amides is 1. The van der Waals surface area contributed by atoms with Crippen molar-refractivity contribution in [3.05, 3.63) is 0 Å². The van der Waals surface area contributed by atoms with Gasteiger partial charge in [-0.1, -0.05) is 34.1 Å². The number of nitrogens with zero attached hydrogens (tertiary/aromatic N) is 1. The van der Waals surface area contributed by atoms with Gasteiger partial charge in [0.05, 0.1) is 5.54 Å². The molecule has 2 atom stereocenters. The highest BCUT2D eigenvalue weighted by molar-refractivity contribution is 5.85. The Hall–Kier alpha value is -0.570. The molecular weight excluding hydrogens is 212 g/mol. The molecule has 0 radical (unpaired) electrons. The van der Waals surface area contributed by atoms with Crippen LogP contribution in [0.2, 0.25) is 0 Å². The van der Waals surface area contributed by atoms with Crippen LogP contribution >= 0.6 is 0 Å². The predicted molar refractivity (Wildman–Crippen MR) is 71.6 cm³/mol. The lowest BCUT2D eigenvalue weighted by Crippen LogP contribution is -2.52. The van der Waals surface area contributed by atoms with Gasteiger partial charge in [0, 0.05) is 13.1 Å². The van der Waals surface area contributed by atoms with Crippen LogP contribution in [0.1, 0.15) is 53.9 Å². The molecule has 17 heavy (non-hydrogen) atoms. The van der Waals surface area contributed by atoms with Gasteiger partial charge in [-0.25, -0.2) is 0 Å². The third kappa shape index (κ3) is 3.44. The zero-order valence-corrected chi connectivity index (χ0v) is 12.0. The van der Waals surface area contributed by atoms with Crippen molar-refractivity contribution in [2.45, 2.75) is 59.4 Å². The molecule has 0 spiro atoms. The highest BCUT2D eigenvalue weighted by Gasteiger charge is 2.38. The van der Waals surface area contributed by atoms with Gasteiger partial charge in [-0.05, 0) is 31.1 Å². The van der Waals surface area contributed by atoms with E-state index in [0.717, 1.165) is 32.4 Å². The molecule has 1 saturated heterocycles. The minimum absolute atomic E-state index is 0.131. The van der Waals surface area contributed by atoms with E-state index in [1.165, 1.54) is 0 Å². The van der Waals surface area contributed by atoms with E-state index in [1.807, 2.05) is 11.8 Å².